The summed E-state index contributed by atoms with van der Waals surface area (Å²) in [6.45, 7) is 1.60. The minimum absolute atomic E-state index is 0.00223. The number of aliphatic hydroxyl groups is 1. The van der Waals surface area contributed by atoms with E-state index in [1.54, 1.807) is 0 Å². The van der Waals surface area contributed by atoms with Crippen LogP contribution in [0.15, 0.2) is 30.3 Å². The number of hydrogen-bond donors (Lipinski definition) is 2. The molecule has 0 unspecified atom stereocenters. The Morgan fingerprint density at radius 2 is 2.00 bits per heavy atom. The molecule has 2 atom stereocenters. The van der Waals surface area contributed by atoms with Crippen molar-refractivity contribution in [2.45, 2.75) is 63.0 Å². The molecule has 1 aliphatic heterocycles. The Balaban J connectivity index is 1.63. The molecule has 1 aromatic carbocycles. The predicted octanol–water partition coefficient (Wildman–Crippen LogP) is 3.36. The topological polar surface area (TPSA) is 58.6 Å². The molecule has 24 heavy (non-hydrogen) atoms. The highest BCUT2D eigenvalue weighted by Crippen LogP contribution is 2.32. The van der Waals surface area contributed by atoms with Gasteiger partial charge in [0.05, 0.1) is 18.1 Å². The summed E-state index contributed by atoms with van der Waals surface area (Å²) in [5.74, 6) is 0.459. The molecule has 0 spiro atoms. The van der Waals surface area contributed by atoms with Gasteiger partial charge in [-0.15, -0.1) is 0 Å². The Bertz CT molecular complexity index is 519. The molecular formula is C20H29NO3. The highest BCUT2D eigenvalue weighted by atomic mass is 16.5. The van der Waals surface area contributed by atoms with Gasteiger partial charge in [-0.2, -0.15) is 0 Å². The third-order valence-corrected chi connectivity index (χ3v) is 5.40. The lowest BCUT2D eigenvalue weighted by molar-refractivity contribution is -0.128. The molecule has 1 aromatic rings. The average Bonchev–Trinajstić information content (AvgIpc) is 3.08. The molecule has 4 heteroatoms. The Kier molecular flexibility index (Phi) is 5.90. The second kappa shape index (κ2) is 8.13. The van der Waals surface area contributed by atoms with Crippen LogP contribution in [0.4, 0.5) is 0 Å². The van der Waals surface area contributed by atoms with Crippen molar-refractivity contribution in [3.63, 3.8) is 0 Å². The first-order chi connectivity index (χ1) is 11.6. The second-order valence-corrected chi connectivity index (χ2v) is 7.46. The van der Waals surface area contributed by atoms with Crippen LogP contribution in [0, 0.1) is 5.92 Å². The largest absolute Gasteiger partial charge is 0.389 e. The maximum atomic E-state index is 12.6. The molecule has 1 saturated heterocycles. The molecule has 1 heterocycles. The van der Waals surface area contributed by atoms with Crippen LogP contribution in [0.2, 0.25) is 0 Å². The van der Waals surface area contributed by atoms with Crippen LogP contribution < -0.4 is 5.32 Å². The van der Waals surface area contributed by atoms with E-state index in [0.29, 0.717) is 5.92 Å². The summed E-state index contributed by atoms with van der Waals surface area (Å²) in [6, 6.07) is 10.1. The lowest BCUT2D eigenvalue weighted by atomic mass is 9.82. The van der Waals surface area contributed by atoms with E-state index in [1.165, 1.54) is 0 Å². The van der Waals surface area contributed by atoms with Crippen LogP contribution in [-0.4, -0.2) is 29.8 Å². The van der Waals surface area contributed by atoms with E-state index in [2.05, 4.69) is 17.4 Å². The number of nitrogens with one attached hydrogen (secondary N) is 1. The molecule has 2 aliphatic rings. The highest BCUT2D eigenvalue weighted by Gasteiger charge is 2.32. The van der Waals surface area contributed by atoms with Gasteiger partial charge in [0.25, 0.3) is 0 Å². The van der Waals surface area contributed by atoms with Gasteiger partial charge in [-0.05, 0) is 37.2 Å². The molecule has 1 amide bonds. The smallest absolute Gasteiger partial charge is 0.223 e. The van der Waals surface area contributed by atoms with E-state index < -0.39 is 5.60 Å². The van der Waals surface area contributed by atoms with Crippen LogP contribution in [0.5, 0.6) is 0 Å². The van der Waals surface area contributed by atoms with Crippen molar-refractivity contribution in [1.29, 1.82) is 0 Å². The Hall–Kier alpha value is -1.39. The molecule has 1 aliphatic carbocycles. The summed E-state index contributed by atoms with van der Waals surface area (Å²) in [7, 11) is 0. The number of hydrogen-bond acceptors (Lipinski definition) is 3. The SMILES string of the molecule is O=C(CC1(O)CCCCC1)N[C@@H](C[C@@H]1CCOC1)c1ccccc1. The standard InChI is InChI=1S/C20H29NO3/c22-19(14-20(23)10-5-2-6-11-20)21-18(13-16-9-12-24-15-16)17-7-3-1-4-8-17/h1,3-4,7-8,16,18,23H,2,5-6,9-15H2,(H,21,22)/t16-,18-/m0/s1. The van der Waals surface area contributed by atoms with Gasteiger partial charge in [0.2, 0.25) is 5.91 Å². The van der Waals surface area contributed by atoms with E-state index in [4.69, 9.17) is 4.74 Å². The molecule has 132 valence electrons. The quantitative estimate of drug-likeness (QED) is 0.840. The Labute approximate surface area is 144 Å². The van der Waals surface area contributed by atoms with E-state index in [9.17, 15) is 9.90 Å². The molecule has 2 fully saturated rings. The zero-order valence-electron chi connectivity index (χ0n) is 14.4. The Morgan fingerprint density at radius 1 is 1.25 bits per heavy atom. The summed E-state index contributed by atoms with van der Waals surface area (Å²) in [5, 5.41) is 13.8. The third-order valence-electron chi connectivity index (χ3n) is 5.40. The number of benzene rings is 1. The fraction of sp³-hybridized carbons (Fsp3) is 0.650. The zero-order valence-corrected chi connectivity index (χ0v) is 14.4. The van der Waals surface area contributed by atoms with Crippen molar-refractivity contribution in [1.82, 2.24) is 5.32 Å². The second-order valence-electron chi connectivity index (χ2n) is 7.46. The molecule has 0 bridgehead atoms. The van der Waals surface area contributed by atoms with Crippen LogP contribution in [-0.2, 0) is 9.53 Å². The van der Waals surface area contributed by atoms with Gasteiger partial charge in [0.15, 0.2) is 0 Å². The number of carbonyl (C=O) groups excluding carboxylic acids is 1. The summed E-state index contributed by atoms with van der Waals surface area (Å²) in [6.07, 6.45) is 6.86. The average molecular weight is 331 g/mol. The summed E-state index contributed by atoms with van der Waals surface area (Å²) >= 11 is 0. The summed E-state index contributed by atoms with van der Waals surface area (Å²) in [5.41, 5.74) is 0.327. The van der Waals surface area contributed by atoms with Crippen molar-refractivity contribution in [3.05, 3.63) is 35.9 Å². The minimum Gasteiger partial charge on any atom is -0.389 e. The van der Waals surface area contributed by atoms with Crippen LogP contribution in [0.1, 0.15) is 63.0 Å². The fourth-order valence-electron chi connectivity index (χ4n) is 4.00. The maximum Gasteiger partial charge on any atom is 0.223 e. The molecular weight excluding hydrogens is 302 g/mol. The summed E-state index contributed by atoms with van der Waals surface area (Å²) in [4.78, 5) is 12.6. The van der Waals surface area contributed by atoms with Gasteiger partial charge >= 0.3 is 0 Å². The lowest BCUT2D eigenvalue weighted by Crippen LogP contribution is -2.40. The van der Waals surface area contributed by atoms with Gasteiger partial charge in [-0.25, -0.2) is 0 Å². The van der Waals surface area contributed by atoms with Gasteiger partial charge in [-0.3, -0.25) is 4.79 Å². The summed E-state index contributed by atoms with van der Waals surface area (Å²) < 4.78 is 5.48. The zero-order chi connectivity index (χ0) is 16.8. The van der Waals surface area contributed by atoms with E-state index in [-0.39, 0.29) is 18.4 Å². The molecule has 1 saturated carbocycles. The Morgan fingerprint density at radius 3 is 2.67 bits per heavy atom. The van der Waals surface area contributed by atoms with Crippen LogP contribution in [0.25, 0.3) is 0 Å². The predicted molar refractivity (Wildman–Crippen MR) is 93.5 cm³/mol. The molecule has 4 nitrogen and oxygen atoms in total. The van der Waals surface area contributed by atoms with Crippen molar-refractivity contribution in [2.75, 3.05) is 13.2 Å². The maximum absolute atomic E-state index is 12.6. The number of carbonyl (C=O) groups is 1. The van der Waals surface area contributed by atoms with E-state index in [0.717, 1.165) is 63.7 Å². The number of amides is 1. The van der Waals surface area contributed by atoms with Gasteiger partial charge < -0.3 is 15.2 Å². The molecule has 0 aromatic heterocycles. The monoisotopic (exact) mass is 331 g/mol. The van der Waals surface area contributed by atoms with Gasteiger partial charge in [-0.1, -0.05) is 49.6 Å². The first kappa shape index (κ1) is 17.4. The highest BCUT2D eigenvalue weighted by molar-refractivity contribution is 5.77. The molecule has 0 radical (unpaired) electrons. The van der Waals surface area contributed by atoms with Gasteiger partial charge in [0.1, 0.15) is 0 Å². The van der Waals surface area contributed by atoms with Crippen molar-refractivity contribution >= 4 is 5.91 Å². The van der Waals surface area contributed by atoms with Crippen molar-refractivity contribution in [3.8, 4) is 0 Å². The van der Waals surface area contributed by atoms with Crippen molar-refractivity contribution < 1.29 is 14.6 Å². The molecule has 2 N–H and O–H groups in total. The normalized spacial score (nSPS) is 24.5. The van der Waals surface area contributed by atoms with E-state index >= 15 is 0 Å². The molecule has 3 rings (SSSR count). The van der Waals surface area contributed by atoms with Gasteiger partial charge in [0, 0.05) is 13.2 Å². The minimum atomic E-state index is -0.806. The lowest BCUT2D eigenvalue weighted by Gasteiger charge is -2.32. The first-order valence-electron chi connectivity index (χ1n) is 9.29. The van der Waals surface area contributed by atoms with Crippen LogP contribution >= 0.6 is 0 Å². The first-order valence-corrected chi connectivity index (χ1v) is 9.29. The third kappa shape index (κ3) is 4.81. The number of ether oxygens (including phenoxy) is 1. The van der Waals surface area contributed by atoms with Crippen molar-refractivity contribution in [2.24, 2.45) is 5.92 Å². The van der Waals surface area contributed by atoms with E-state index in [1.807, 2.05) is 18.2 Å². The number of rotatable bonds is 6. The fourth-order valence-corrected chi connectivity index (χ4v) is 4.00. The van der Waals surface area contributed by atoms with Crippen LogP contribution in [0.3, 0.4) is 0 Å².